The predicted molar refractivity (Wildman–Crippen MR) is 133 cm³/mol. The second kappa shape index (κ2) is 10.4. The number of pyridine rings is 1. The summed E-state index contributed by atoms with van der Waals surface area (Å²) < 4.78 is 20.0. The van der Waals surface area contributed by atoms with Crippen LogP contribution in [0.4, 0.5) is 0 Å². The number of fused-ring (bicyclic) bond motifs is 3. The highest BCUT2D eigenvalue weighted by molar-refractivity contribution is 9.10. The minimum atomic E-state index is -0.646. The SMILES string of the molecule is COCCCOc1cc2c(cc1Br)-c1c(cc(C(=O)OC(C)C)c(=O)n1C1CC1)C(C)N(O)S2. The van der Waals surface area contributed by atoms with Crippen LogP contribution in [0.1, 0.15) is 68.0 Å². The Balaban J connectivity index is 1.88. The first-order valence-electron chi connectivity index (χ1n) is 11.3. The Morgan fingerprint density at radius 2 is 2.00 bits per heavy atom. The highest BCUT2D eigenvalue weighted by atomic mass is 79.9. The molecule has 1 aliphatic heterocycles. The summed E-state index contributed by atoms with van der Waals surface area (Å²) in [6, 6.07) is 4.89. The quantitative estimate of drug-likeness (QED) is 0.265. The van der Waals surface area contributed by atoms with Crippen LogP contribution in [0.15, 0.2) is 32.4 Å². The van der Waals surface area contributed by atoms with Crippen LogP contribution in [0.25, 0.3) is 11.3 Å². The first kappa shape index (κ1) is 25.2. The van der Waals surface area contributed by atoms with Crippen LogP contribution in [-0.4, -0.2) is 46.6 Å². The van der Waals surface area contributed by atoms with E-state index in [9.17, 15) is 14.8 Å². The number of aromatic nitrogens is 1. The molecule has 0 radical (unpaired) electrons. The van der Waals surface area contributed by atoms with E-state index in [-0.39, 0.29) is 23.3 Å². The third-order valence-corrected chi connectivity index (χ3v) is 7.41. The van der Waals surface area contributed by atoms with E-state index in [2.05, 4.69) is 15.9 Å². The first-order valence-corrected chi connectivity index (χ1v) is 12.9. The van der Waals surface area contributed by atoms with Gasteiger partial charge in [0, 0.05) is 36.6 Å². The number of ether oxygens (including phenoxy) is 3. The number of hydroxylamine groups is 1. The van der Waals surface area contributed by atoms with E-state index >= 15 is 0 Å². The summed E-state index contributed by atoms with van der Waals surface area (Å²) in [5.41, 5.74) is 1.83. The van der Waals surface area contributed by atoms with Crippen LogP contribution >= 0.6 is 27.9 Å². The average molecular weight is 553 g/mol. The summed E-state index contributed by atoms with van der Waals surface area (Å²) in [6.45, 7) is 6.42. The van der Waals surface area contributed by atoms with Crippen LogP contribution < -0.4 is 10.3 Å². The Bertz CT molecular complexity index is 1150. The smallest absolute Gasteiger partial charge is 0.344 e. The molecule has 2 aliphatic rings. The molecule has 0 spiro atoms. The summed E-state index contributed by atoms with van der Waals surface area (Å²) >= 11 is 4.78. The number of methoxy groups -OCH3 is 1. The number of hydrogen-bond acceptors (Lipinski definition) is 8. The van der Waals surface area contributed by atoms with Gasteiger partial charge >= 0.3 is 5.97 Å². The third kappa shape index (κ3) is 5.06. The summed E-state index contributed by atoms with van der Waals surface area (Å²) in [5.74, 6) is -0.00342. The van der Waals surface area contributed by atoms with Crippen molar-refractivity contribution in [2.75, 3.05) is 20.3 Å². The van der Waals surface area contributed by atoms with Gasteiger partial charge in [-0.05, 0) is 85.3 Å². The van der Waals surface area contributed by atoms with Gasteiger partial charge in [-0.15, -0.1) is 4.47 Å². The molecule has 10 heteroatoms. The Labute approximate surface area is 211 Å². The molecule has 1 N–H and O–H groups in total. The standard InChI is InChI=1S/C24H29BrN2O6S/c1-13(2)33-24(29)18-10-16-14(3)27(30)34-21-12-20(32-9-5-8-31-4)19(25)11-17(21)22(16)26(23(18)28)15-6-7-15/h10-15,30H,5-9H2,1-4H3. The zero-order valence-electron chi connectivity index (χ0n) is 19.7. The Hall–Kier alpha value is -1.85. The van der Waals surface area contributed by atoms with Crippen LogP contribution in [-0.2, 0) is 9.47 Å². The first-order chi connectivity index (χ1) is 16.2. The van der Waals surface area contributed by atoms with Crippen molar-refractivity contribution in [2.45, 2.75) is 63.1 Å². The molecule has 34 heavy (non-hydrogen) atoms. The van der Waals surface area contributed by atoms with Crippen molar-refractivity contribution in [3.8, 4) is 17.0 Å². The molecular weight excluding hydrogens is 524 g/mol. The van der Waals surface area contributed by atoms with Gasteiger partial charge in [-0.3, -0.25) is 4.79 Å². The lowest BCUT2D eigenvalue weighted by molar-refractivity contribution is -0.0178. The lowest BCUT2D eigenvalue weighted by Gasteiger charge is -2.23. The molecule has 0 amide bonds. The molecule has 2 aromatic rings. The van der Waals surface area contributed by atoms with Crippen LogP contribution in [0.5, 0.6) is 5.75 Å². The van der Waals surface area contributed by atoms with Gasteiger partial charge in [0.2, 0.25) is 0 Å². The Kier molecular flexibility index (Phi) is 7.73. The maximum atomic E-state index is 13.5. The monoisotopic (exact) mass is 552 g/mol. The molecule has 1 saturated carbocycles. The van der Waals surface area contributed by atoms with E-state index in [4.69, 9.17) is 14.2 Å². The van der Waals surface area contributed by atoms with Gasteiger partial charge in [-0.1, -0.05) is 0 Å². The zero-order chi connectivity index (χ0) is 24.6. The number of carbonyl (C=O) groups is 1. The fourth-order valence-corrected chi connectivity index (χ4v) is 5.30. The van der Waals surface area contributed by atoms with Crippen LogP contribution in [0, 0.1) is 0 Å². The van der Waals surface area contributed by atoms with Gasteiger partial charge in [0.15, 0.2) is 0 Å². The topological polar surface area (TPSA) is 90.2 Å². The predicted octanol–water partition coefficient (Wildman–Crippen LogP) is 5.37. The maximum absolute atomic E-state index is 13.5. The van der Waals surface area contributed by atoms with Crippen LogP contribution in [0.3, 0.4) is 0 Å². The lowest BCUT2D eigenvalue weighted by atomic mass is 9.98. The Morgan fingerprint density at radius 1 is 1.26 bits per heavy atom. The fraction of sp³-hybridized carbons (Fsp3) is 0.500. The molecule has 1 aromatic carbocycles. The molecule has 8 nitrogen and oxygen atoms in total. The molecule has 2 heterocycles. The van der Waals surface area contributed by atoms with Crippen molar-refractivity contribution in [1.82, 2.24) is 9.04 Å². The molecule has 1 atom stereocenters. The molecule has 1 aliphatic carbocycles. The number of benzene rings is 1. The van der Waals surface area contributed by atoms with Gasteiger partial charge in [0.05, 0.1) is 28.9 Å². The minimum Gasteiger partial charge on any atom is -0.492 e. The molecule has 1 aromatic heterocycles. The second-order valence-electron chi connectivity index (χ2n) is 8.77. The third-order valence-electron chi connectivity index (χ3n) is 5.75. The number of hydrogen-bond donors (Lipinski definition) is 1. The van der Waals surface area contributed by atoms with E-state index < -0.39 is 12.0 Å². The number of nitrogens with zero attached hydrogens (tertiary/aromatic N) is 2. The summed E-state index contributed by atoms with van der Waals surface area (Å²) in [7, 11) is 1.65. The summed E-state index contributed by atoms with van der Waals surface area (Å²) in [6.07, 6.45) is 2.12. The molecule has 0 saturated heterocycles. The van der Waals surface area contributed by atoms with Crippen LogP contribution in [0.2, 0.25) is 0 Å². The normalized spacial score (nSPS) is 17.8. The van der Waals surface area contributed by atoms with E-state index in [1.165, 1.54) is 11.9 Å². The number of halogens is 1. The summed E-state index contributed by atoms with van der Waals surface area (Å²) in [5, 5.41) is 10.9. The average Bonchev–Trinajstić information content (AvgIpc) is 3.62. The Morgan fingerprint density at radius 3 is 2.65 bits per heavy atom. The van der Waals surface area contributed by atoms with Gasteiger partial charge in [-0.25, -0.2) is 4.79 Å². The largest absolute Gasteiger partial charge is 0.492 e. The van der Waals surface area contributed by atoms with Crippen molar-refractivity contribution in [3.05, 3.63) is 44.2 Å². The highest BCUT2D eigenvalue weighted by Crippen LogP contribution is 2.49. The number of esters is 1. The van der Waals surface area contributed by atoms with Crippen molar-refractivity contribution >= 4 is 33.8 Å². The lowest BCUT2D eigenvalue weighted by Crippen LogP contribution is -2.31. The van der Waals surface area contributed by atoms with E-state index in [0.717, 1.165) is 38.7 Å². The molecule has 1 unspecified atom stereocenters. The van der Waals surface area contributed by atoms with E-state index in [1.807, 2.05) is 19.1 Å². The fourth-order valence-electron chi connectivity index (χ4n) is 3.95. The highest BCUT2D eigenvalue weighted by Gasteiger charge is 2.36. The molecule has 0 bridgehead atoms. The zero-order valence-corrected chi connectivity index (χ0v) is 22.1. The molecule has 4 rings (SSSR count). The van der Waals surface area contributed by atoms with Crippen molar-refractivity contribution in [2.24, 2.45) is 0 Å². The number of carbonyl (C=O) groups excluding carboxylic acids is 1. The maximum Gasteiger partial charge on any atom is 0.344 e. The second-order valence-corrected chi connectivity index (χ2v) is 10.6. The van der Waals surface area contributed by atoms with E-state index in [0.29, 0.717) is 30.2 Å². The minimum absolute atomic E-state index is 0.00656. The van der Waals surface area contributed by atoms with Gasteiger partial charge in [0.1, 0.15) is 11.3 Å². The van der Waals surface area contributed by atoms with E-state index in [1.54, 1.807) is 31.6 Å². The molecular formula is C24H29BrN2O6S. The van der Waals surface area contributed by atoms with Gasteiger partial charge < -0.3 is 24.0 Å². The molecule has 1 fully saturated rings. The van der Waals surface area contributed by atoms with Crippen molar-refractivity contribution < 1.29 is 24.2 Å². The van der Waals surface area contributed by atoms with Crippen molar-refractivity contribution in [3.63, 3.8) is 0 Å². The number of rotatable bonds is 8. The van der Waals surface area contributed by atoms with Crippen molar-refractivity contribution in [1.29, 1.82) is 0 Å². The van der Waals surface area contributed by atoms with Gasteiger partial charge in [0.25, 0.3) is 5.56 Å². The summed E-state index contributed by atoms with van der Waals surface area (Å²) in [4.78, 5) is 27.1. The molecule has 184 valence electrons. The van der Waals surface area contributed by atoms with Gasteiger partial charge in [-0.2, -0.15) is 0 Å².